The van der Waals surface area contributed by atoms with Crippen LogP contribution in [0.25, 0.3) is 0 Å². The molecule has 0 aromatic heterocycles. The fraction of sp³-hybridized carbons (Fsp3) is 0.889. The lowest BCUT2D eigenvalue weighted by Crippen LogP contribution is -2.36. The number of hydrogen-bond donors (Lipinski definition) is 1. The number of ether oxygens (including phenoxy) is 1. The predicted octanol–water partition coefficient (Wildman–Crippen LogP) is 1.23. The van der Waals surface area contributed by atoms with Gasteiger partial charge in [0, 0.05) is 12.5 Å². The summed E-state index contributed by atoms with van der Waals surface area (Å²) in [5.74, 6) is -2.00. The maximum absolute atomic E-state index is 12.0. The van der Waals surface area contributed by atoms with Crippen molar-refractivity contribution in [3.05, 3.63) is 0 Å². The first kappa shape index (κ1) is 10.7. The lowest BCUT2D eigenvalue weighted by Gasteiger charge is -2.23. The molecule has 0 bridgehead atoms. The number of rotatable bonds is 2. The molecule has 1 saturated heterocycles. The molecule has 1 unspecified atom stereocenters. The summed E-state index contributed by atoms with van der Waals surface area (Å²) in [5.41, 5.74) is -0.823. The summed E-state index contributed by atoms with van der Waals surface area (Å²) in [6.07, 6.45) is -2.98. The molecule has 2 aliphatic rings. The van der Waals surface area contributed by atoms with E-state index in [-0.39, 0.29) is 5.92 Å². The zero-order valence-corrected chi connectivity index (χ0v) is 8.06. The number of alkyl halides is 3. The van der Waals surface area contributed by atoms with Crippen LogP contribution in [0, 0.1) is 5.92 Å². The van der Waals surface area contributed by atoms with Crippen molar-refractivity contribution in [3.8, 4) is 0 Å². The van der Waals surface area contributed by atoms with Crippen molar-refractivity contribution in [2.45, 2.75) is 31.0 Å². The Kier molecular flexibility index (Phi) is 2.41. The van der Waals surface area contributed by atoms with Crippen LogP contribution in [0.15, 0.2) is 0 Å². The first-order valence-corrected chi connectivity index (χ1v) is 4.95. The van der Waals surface area contributed by atoms with Crippen molar-refractivity contribution in [2.75, 3.05) is 13.1 Å². The Balaban J connectivity index is 1.96. The number of carbonyl (C=O) groups excluding carboxylic acids is 1. The summed E-state index contributed by atoms with van der Waals surface area (Å²) in [7, 11) is 0. The van der Waals surface area contributed by atoms with Gasteiger partial charge in [-0.3, -0.25) is 0 Å². The summed E-state index contributed by atoms with van der Waals surface area (Å²) in [6, 6.07) is 0. The summed E-state index contributed by atoms with van der Waals surface area (Å²) in [5, 5.41) is 3.06. The third-order valence-electron chi connectivity index (χ3n) is 3.07. The van der Waals surface area contributed by atoms with E-state index in [0.717, 1.165) is 13.0 Å². The molecule has 6 heteroatoms. The highest BCUT2D eigenvalue weighted by molar-refractivity contribution is 5.76. The van der Waals surface area contributed by atoms with Gasteiger partial charge < -0.3 is 10.1 Å². The van der Waals surface area contributed by atoms with E-state index in [4.69, 9.17) is 0 Å². The minimum atomic E-state index is -4.87. The van der Waals surface area contributed by atoms with Gasteiger partial charge in [-0.1, -0.05) is 0 Å². The van der Waals surface area contributed by atoms with Crippen LogP contribution in [-0.4, -0.2) is 30.8 Å². The Morgan fingerprint density at radius 3 is 2.47 bits per heavy atom. The number of nitrogens with one attached hydrogen (secondary N) is 1. The second kappa shape index (κ2) is 3.37. The van der Waals surface area contributed by atoms with Crippen LogP contribution in [0.3, 0.4) is 0 Å². The van der Waals surface area contributed by atoms with Crippen molar-refractivity contribution in [1.29, 1.82) is 0 Å². The number of esters is 1. The molecule has 1 aliphatic heterocycles. The van der Waals surface area contributed by atoms with E-state index >= 15 is 0 Å². The molecule has 86 valence electrons. The molecule has 1 saturated carbocycles. The molecule has 0 aromatic carbocycles. The third-order valence-corrected chi connectivity index (χ3v) is 3.07. The van der Waals surface area contributed by atoms with Crippen LogP contribution in [0.5, 0.6) is 0 Å². The van der Waals surface area contributed by atoms with Gasteiger partial charge in [0.05, 0.1) is 0 Å². The molecular weight excluding hydrogens is 211 g/mol. The lowest BCUT2D eigenvalue weighted by atomic mass is 9.99. The van der Waals surface area contributed by atoms with E-state index in [9.17, 15) is 18.0 Å². The molecule has 0 spiro atoms. The molecule has 1 heterocycles. The average molecular weight is 223 g/mol. The topological polar surface area (TPSA) is 38.3 Å². The third kappa shape index (κ3) is 2.09. The second-order valence-corrected chi connectivity index (χ2v) is 4.14. The van der Waals surface area contributed by atoms with Crippen molar-refractivity contribution in [1.82, 2.24) is 5.32 Å². The predicted molar refractivity (Wildman–Crippen MR) is 45.1 cm³/mol. The van der Waals surface area contributed by atoms with Gasteiger partial charge in [0.25, 0.3) is 0 Å². The van der Waals surface area contributed by atoms with Crippen LogP contribution >= 0.6 is 0 Å². The van der Waals surface area contributed by atoms with Crippen LogP contribution in [0.4, 0.5) is 13.2 Å². The van der Waals surface area contributed by atoms with E-state index < -0.39 is 17.7 Å². The Bertz CT molecular complexity index is 267. The van der Waals surface area contributed by atoms with Crippen molar-refractivity contribution >= 4 is 5.97 Å². The molecule has 1 atom stereocenters. The van der Waals surface area contributed by atoms with E-state index in [1.54, 1.807) is 0 Å². The SMILES string of the molecule is O=C(OC1(C2CCNC2)CC1)C(F)(F)F. The van der Waals surface area contributed by atoms with E-state index in [1.807, 2.05) is 0 Å². The van der Waals surface area contributed by atoms with Gasteiger partial charge in [0.1, 0.15) is 5.60 Å². The molecule has 0 radical (unpaired) electrons. The summed E-state index contributed by atoms with van der Waals surface area (Å²) < 4.78 is 40.6. The largest absolute Gasteiger partial charge is 0.490 e. The van der Waals surface area contributed by atoms with Gasteiger partial charge in [-0.2, -0.15) is 13.2 Å². The normalized spacial score (nSPS) is 28.9. The number of halogens is 3. The Morgan fingerprint density at radius 2 is 2.07 bits per heavy atom. The van der Waals surface area contributed by atoms with Gasteiger partial charge in [0.15, 0.2) is 0 Å². The van der Waals surface area contributed by atoms with Gasteiger partial charge in [-0.05, 0) is 25.8 Å². The first-order chi connectivity index (χ1) is 6.94. The molecule has 2 rings (SSSR count). The summed E-state index contributed by atoms with van der Waals surface area (Å²) in [4.78, 5) is 10.7. The minimum absolute atomic E-state index is 0.0452. The fourth-order valence-corrected chi connectivity index (χ4v) is 2.06. The van der Waals surface area contributed by atoms with E-state index in [2.05, 4.69) is 10.1 Å². The molecular formula is C9H12F3NO2. The van der Waals surface area contributed by atoms with Crippen LogP contribution < -0.4 is 5.32 Å². The standard InChI is InChI=1S/C9H12F3NO2/c10-9(11,12)7(14)15-8(2-3-8)6-1-4-13-5-6/h6,13H,1-5H2. The smallest absolute Gasteiger partial charge is 0.452 e. The zero-order chi connectivity index (χ0) is 11.1. The van der Waals surface area contributed by atoms with Crippen molar-refractivity contribution in [2.24, 2.45) is 5.92 Å². The van der Waals surface area contributed by atoms with Crippen LogP contribution in [0.1, 0.15) is 19.3 Å². The Labute approximate surface area is 85.0 Å². The lowest BCUT2D eigenvalue weighted by molar-refractivity contribution is -0.209. The number of hydrogen-bond acceptors (Lipinski definition) is 3. The van der Waals surface area contributed by atoms with Gasteiger partial charge in [0.2, 0.25) is 0 Å². The molecule has 15 heavy (non-hydrogen) atoms. The molecule has 0 aromatic rings. The monoisotopic (exact) mass is 223 g/mol. The Morgan fingerprint density at radius 1 is 1.40 bits per heavy atom. The van der Waals surface area contributed by atoms with Gasteiger partial charge in [-0.25, -0.2) is 4.79 Å². The average Bonchev–Trinajstić information content (AvgIpc) is 2.72. The summed E-state index contributed by atoms with van der Waals surface area (Å²) >= 11 is 0. The van der Waals surface area contributed by atoms with E-state index in [0.29, 0.717) is 19.4 Å². The highest BCUT2D eigenvalue weighted by Gasteiger charge is 2.57. The zero-order valence-electron chi connectivity index (χ0n) is 8.06. The van der Waals surface area contributed by atoms with Crippen LogP contribution in [-0.2, 0) is 9.53 Å². The van der Waals surface area contributed by atoms with Gasteiger partial charge >= 0.3 is 12.1 Å². The fourth-order valence-electron chi connectivity index (χ4n) is 2.06. The molecule has 1 aliphatic carbocycles. The van der Waals surface area contributed by atoms with Crippen molar-refractivity contribution in [3.63, 3.8) is 0 Å². The quantitative estimate of drug-likeness (QED) is 0.715. The Hall–Kier alpha value is -0.780. The highest BCUT2D eigenvalue weighted by Crippen LogP contribution is 2.49. The minimum Gasteiger partial charge on any atom is -0.452 e. The molecule has 3 nitrogen and oxygen atoms in total. The van der Waals surface area contributed by atoms with E-state index in [1.165, 1.54) is 0 Å². The summed E-state index contributed by atoms with van der Waals surface area (Å²) in [6.45, 7) is 1.43. The van der Waals surface area contributed by atoms with Crippen LogP contribution in [0.2, 0.25) is 0 Å². The van der Waals surface area contributed by atoms with Crippen molar-refractivity contribution < 1.29 is 22.7 Å². The highest BCUT2D eigenvalue weighted by atomic mass is 19.4. The molecule has 2 fully saturated rings. The second-order valence-electron chi connectivity index (χ2n) is 4.14. The maximum Gasteiger partial charge on any atom is 0.490 e. The maximum atomic E-state index is 12.0. The number of carbonyl (C=O) groups is 1. The first-order valence-electron chi connectivity index (χ1n) is 4.95. The molecule has 0 amide bonds. The molecule has 1 N–H and O–H groups in total. The van der Waals surface area contributed by atoms with Gasteiger partial charge in [-0.15, -0.1) is 0 Å².